The molecule has 3 rings (SSSR count). The molecule has 0 radical (unpaired) electrons. The van der Waals surface area contributed by atoms with E-state index in [4.69, 9.17) is 5.73 Å². The number of carbonyl (C=O) groups excluding carboxylic acids is 3. The maximum absolute atomic E-state index is 14.1. The number of benzene rings is 2. The van der Waals surface area contributed by atoms with Crippen molar-refractivity contribution < 1.29 is 36.7 Å². The number of carbonyl (C=O) groups is 3. The van der Waals surface area contributed by atoms with Gasteiger partial charge in [0.2, 0.25) is 5.91 Å². The molecule has 0 fully saturated rings. The number of alkyl halides is 3. The number of aliphatic imine (C=N–C) groups is 1. The van der Waals surface area contributed by atoms with E-state index in [9.17, 15) is 31.9 Å². The number of halogens is 4. The van der Waals surface area contributed by atoms with Crippen LogP contribution in [0.5, 0.6) is 5.75 Å². The Hall–Kier alpha value is -4.16. The highest BCUT2D eigenvalue weighted by atomic mass is 19.4. The fraction of sp³-hybridized carbons (Fsp3) is 0.238. The quantitative estimate of drug-likeness (QED) is 0.451. The third-order valence-electron chi connectivity index (χ3n) is 5.09. The van der Waals surface area contributed by atoms with Crippen LogP contribution in [0, 0.1) is 5.82 Å². The number of primary amides is 1. The van der Waals surface area contributed by atoms with Gasteiger partial charge in [0.05, 0.1) is 11.9 Å². The molecular weight excluding hydrogens is 462 g/mol. The van der Waals surface area contributed by atoms with Crippen molar-refractivity contribution >= 4 is 35.4 Å². The Morgan fingerprint density at radius 3 is 2.26 bits per heavy atom. The molecule has 180 valence electrons. The minimum absolute atomic E-state index is 0.221. The molecule has 2 aromatic rings. The zero-order chi connectivity index (χ0) is 25.1. The summed E-state index contributed by atoms with van der Waals surface area (Å²) < 4.78 is 54.4. The number of amides is 3. The number of ether oxygens (including phenoxy) is 1. The van der Waals surface area contributed by atoms with Crippen LogP contribution in [0.15, 0.2) is 47.5 Å². The summed E-state index contributed by atoms with van der Waals surface area (Å²) in [5.74, 6) is -4.22. The summed E-state index contributed by atoms with van der Waals surface area (Å²) in [6.07, 6.45) is -3.52. The van der Waals surface area contributed by atoms with E-state index in [2.05, 4.69) is 25.7 Å². The van der Waals surface area contributed by atoms with E-state index >= 15 is 0 Å². The highest BCUT2D eigenvalue weighted by Gasteiger charge is 2.49. The Morgan fingerprint density at radius 2 is 1.74 bits per heavy atom. The molecule has 2 aromatic carbocycles. The molecule has 13 heteroatoms. The average molecular weight is 481 g/mol. The fourth-order valence-corrected chi connectivity index (χ4v) is 3.32. The van der Waals surface area contributed by atoms with E-state index in [-0.39, 0.29) is 12.1 Å². The molecular formula is C21H19F4N5O4. The van der Waals surface area contributed by atoms with Crippen LogP contribution < -0.4 is 26.4 Å². The predicted octanol–water partition coefficient (Wildman–Crippen LogP) is 2.55. The molecule has 0 spiro atoms. The summed E-state index contributed by atoms with van der Waals surface area (Å²) in [6.45, 7) is 1.68. The van der Waals surface area contributed by atoms with Crippen molar-refractivity contribution in [3.63, 3.8) is 0 Å². The molecule has 2 atom stereocenters. The Balaban J connectivity index is 1.65. The van der Waals surface area contributed by atoms with E-state index in [0.717, 1.165) is 12.1 Å². The Kier molecular flexibility index (Phi) is 6.75. The first-order chi connectivity index (χ1) is 15.9. The van der Waals surface area contributed by atoms with E-state index in [0.29, 0.717) is 11.8 Å². The van der Waals surface area contributed by atoms with Crippen LogP contribution in [0.3, 0.4) is 0 Å². The SMILES string of the molecule is CCC1(C(N)=O)NC=NC1C(=O)Nc1ccc(NC(=O)c2ccc(OC(F)(F)F)cc2F)cc1. The molecule has 0 bridgehead atoms. The number of nitrogens with zero attached hydrogens (tertiary/aromatic N) is 1. The lowest BCUT2D eigenvalue weighted by Crippen LogP contribution is -2.61. The second-order valence-corrected chi connectivity index (χ2v) is 7.22. The van der Waals surface area contributed by atoms with Crippen LogP contribution >= 0.6 is 0 Å². The Labute approximate surface area is 190 Å². The normalized spacial score (nSPS) is 19.3. The first kappa shape index (κ1) is 24.5. The van der Waals surface area contributed by atoms with Crippen LogP contribution in [0.2, 0.25) is 0 Å². The number of nitrogens with two attached hydrogens (primary N) is 1. The maximum atomic E-state index is 14.1. The minimum Gasteiger partial charge on any atom is -0.406 e. The van der Waals surface area contributed by atoms with Gasteiger partial charge in [-0.2, -0.15) is 0 Å². The van der Waals surface area contributed by atoms with E-state index in [1.807, 2.05) is 0 Å². The van der Waals surface area contributed by atoms with Gasteiger partial charge in [0.1, 0.15) is 17.1 Å². The number of hydrogen-bond donors (Lipinski definition) is 4. The first-order valence-electron chi connectivity index (χ1n) is 9.82. The monoisotopic (exact) mass is 481 g/mol. The molecule has 0 aliphatic carbocycles. The van der Waals surface area contributed by atoms with Crippen LogP contribution in [-0.4, -0.2) is 42.0 Å². The zero-order valence-corrected chi connectivity index (χ0v) is 17.6. The minimum atomic E-state index is -4.99. The van der Waals surface area contributed by atoms with Crippen molar-refractivity contribution in [3.05, 3.63) is 53.8 Å². The van der Waals surface area contributed by atoms with Gasteiger partial charge in [-0.1, -0.05) is 6.92 Å². The molecule has 1 heterocycles. The molecule has 5 N–H and O–H groups in total. The molecule has 3 amide bonds. The van der Waals surface area contributed by atoms with Gasteiger partial charge < -0.3 is 26.4 Å². The predicted molar refractivity (Wildman–Crippen MR) is 114 cm³/mol. The summed E-state index contributed by atoms with van der Waals surface area (Å²) in [4.78, 5) is 40.8. The van der Waals surface area contributed by atoms with Crippen molar-refractivity contribution in [3.8, 4) is 5.75 Å². The van der Waals surface area contributed by atoms with Crippen LogP contribution in [0.4, 0.5) is 28.9 Å². The van der Waals surface area contributed by atoms with Crippen LogP contribution in [0.1, 0.15) is 23.7 Å². The van der Waals surface area contributed by atoms with Gasteiger partial charge in [0.25, 0.3) is 11.8 Å². The van der Waals surface area contributed by atoms with Crippen LogP contribution in [-0.2, 0) is 9.59 Å². The Bertz CT molecular complexity index is 1140. The molecule has 0 aromatic heterocycles. The van der Waals surface area contributed by atoms with Gasteiger partial charge in [-0.3, -0.25) is 19.4 Å². The topological polar surface area (TPSA) is 135 Å². The van der Waals surface area contributed by atoms with Crippen molar-refractivity contribution in [1.82, 2.24) is 5.32 Å². The summed E-state index contributed by atoms with van der Waals surface area (Å²) in [6, 6.07) is 6.73. The van der Waals surface area contributed by atoms with E-state index in [1.54, 1.807) is 6.92 Å². The first-order valence-corrected chi connectivity index (χ1v) is 9.82. The maximum Gasteiger partial charge on any atom is 0.573 e. The van der Waals surface area contributed by atoms with Crippen molar-refractivity contribution in [2.45, 2.75) is 31.3 Å². The Morgan fingerprint density at radius 1 is 1.12 bits per heavy atom. The second kappa shape index (κ2) is 9.37. The van der Waals surface area contributed by atoms with Gasteiger partial charge in [-0.15, -0.1) is 13.2 Å². The molecule has 0 saturated carbocycles. The molecule has 0 saturated heterocycles. The lowest BCUT2D eigenvalue weighted by atomic mass is 9.87. The van der Waals surface area contributed by atoms with Crippen molar-refractivity contribution in [1.29, 1.82) is 0 Å². The molecule has 1 aliphatic heterocycles. The van der Waals surface area contributed by atoms with Gasteiger partial charge >= 0.3 is 6.36 Å². The molecule has 9 nitrogen and oxygen atoms in total. The van der Waals surface area contributed by atoms with Gasteiger partial charge in [0, 0.05) is 17.4 Å². The van der Waals surface area contributed by atoms with E-state index in [1.165, 1.54) is 30.6 Å². The largest absolute Gasteiger partial charge is 0.573 e. The zero-order valence-electron chi connectivity index (χ0n) is 17.6. The smallest absolute Gasteiger partial charge is 0.406 e. The molecule has 34 heavy (non-hydrogen) atoms. The average Bonchev–Trinajstić information content (AvgIpc) is 3.19. The molecule has 1 aliphatic rings. The summed E-state index contributed by atoms with van der Waals surface area (Å²) in [7, 11) is 0. The fourth-order valence-electron chi connectivity index (χ4n) is 3.32. The summed E-state index contributed by atoms with van der Waals surface area (Å²) in [5.41, 5.74) is 4.14. The standard InChI is InChI=1S/C21H19F4N5O4/c1-2-20(19(26)33)16(27-10-28-20)18(32)30-12-5-3-11(4-6-12)29-17(31)14-8-7-13(9-15(14)22)34-21(23,24)25/h3-10,16H,2H2,1H3,(H2,26,33)(H,27,28)(H,29,31)(H,30,32). The van der Waals surface area contributed by atoms with Crippen molar-refractivity contribution in [2.24, 2.45) is 10.7 Å². The number of anilines is 2. The lowest BCUT2D eigenvalue weighted by molar-refractivity contribution is -0.274. The van der Waals surface area contributed by atoms with Crippen LogP contribution in [0.25, 0.3) is 0 Å². The van der Waals surface area contributed by atoms with Crippen molar-refractivity contribution in [2.75, 3.05) is 10.6 Å². The third-order valence-corrected chi connectivity index (χ3v) is 5.09. The number of rotatable bonds is 7. The summed E-state index contributed by atoms with van der Waals surface area (Å²) >= 11 is 0. The number of hydrogen-bond acceptors (Lipinski definition) is 6. The second-order valence-electron chi connectivity index (χ2n) is 7.22. The summed E-state index contributed by atoms with van der Waals surface area (Å²) in [5, 5.41) is 7.72. The molecule has 2 unspecified atom stereocenters. The highest BCUT2D eigenvalue weighted by Crippen LogP contribution is 2.26. The number of nitrogens with one attached hydrogen (secondary N) is 3. The third kappa shape index (κ3) is 5.24. The highest BCUT2D eigenvalue weighted by molar-refractivity contribution is 6.06. The van der Waals surface area contributed by atoms with E-state index < -0.39 is 52.8 Å². The lowest BCUT2D eigenvalue weighted by Gasteiger charge is -2.29. The van der Waals surface area contributed by atoms with Gasteiger partial charge in [-0.25, -0.2) is 4.39 Å². The van der Waals surface area contributed by atoms with Gasteiger partial charge in [0.15, 0.2) is 6.04 Å². The van der Waals surface area contributed by atoms with Gasteiger partial charge in [-0.05, 0) is 42.8 Å².